The summed E-state index contributed by atoms with van der Waals surface area (Å²) in [6, 6.07) is 6.90. The van der Waals surface area contributed by atoms with Gasteiger partial charge in [-0.15, -0.1) is 0 Å². The molecule has 0 N–H and O–H groups in total. The molecule has 1 aliphatic heterocycles. The summed E-state index contributed by atoms with van der Waals surface area (Å²) in [6.07, 6.45) is 2.80. The Labute approximate surface area is 111 Å². The molecule has 0 bridgehead atoms. The van der Waals surface area contributed by atoms with Crippen LogP contribution in [0.2, 0.25) is 0 Å². The number of benzene rings is 1. The second-order valence-corrected chi connectivity index (χ2v) is 4.59. The Morgan fingerprint density at radius 1 is 0.889 bits per heavy atom. The zero-order valence-corrected chi connectivity index (χ0v) is 10.6. The largest absolute Gasteiger partial charge is 0.286 e. The quantitative estimate of drug-likeness (QED) is 0.756. The van der Waals surface area contributed by atoms with Crippen LogP contribution in [0.1, 0.15) is 21.0 Å². The van der Waals surface area contributed by atoms with E-state index >= 15 is 0 Å². The molecule has 1 aromatic carbocycles. The van der Waals surface area contributed by atoms with Gasteiger partial charge in [0.05, 0.1) is 5.69 Å². The third-order valence-electron chi connectivity index (χ3n) is 2.59. The molecule has 2 aromatic rings. The molecule has 5 nitrogen and oxygen atoms in total. The molecular weight excluding hydrogens is 298 g/mol. The van der Waals surface area contributed by atoms with Gasteiger partial charge in [0.25, 0.3) is 11.8 Å². The number of anilines is 1. The summed E-state index contributed by atoms with van der Waals surface area (Å²) in [5.41, 5.74) is 0.712. The Balaban J connectivity index is 2.09. The predicted molar refractivity (Wildman–Crippen MR) is 67.3 cm³/mol. The molecule has 0 saturated heterocycles. The fourth-order valence-electron chi connectivity index (χ4n) is 1.78. The van der Waals surface area contributed by atoms with Crippen LogP contribution in [0.15, 0.2) is 41.1 Å². The third-order valence-corrected chi connectivity index (χ3v) is 3.12. The Kier molecular flexibility index (Phi) is 2.45. The molecule has 88 valence electrons. The molecule has 0 aliphatic carbocycles. The van der Waals surface area contributed by atoms with Crippen molar-refractivity contribution in [2.45, 2.75) is 0 Å². The number of aromatic nitrogens is 2. The number of hydrogen-bond acceptors (Lipinski definition) is 4. The van der Waals surface area contributed by atoms with Crippen molar-refractivity contribution in [3.63, 3.8) is 0 Å². The van der Waals surface area contributed by atoms with Gasteiger partial charge in [0, 0.05) is 16.9 Å². The molecule has 1 aliphatic rings. The summed E-state index contributed by atoms with van der Waals surface area (Å²) in [7, 11) is 0. The molecular formula is C12H6BrN3O2. The van der Waals surface area contributed by atoms with Crippen LogP contribution in [0.3, 0.4) is 0 Å². The third kappa shape index (κ3) is 1.53. The molecule has 0 atom stereocenters. The van der Waals surface area contributed by atoms with Crippen molar-refractivity contribution in [2.24, 2.45) is 0 Å². The topological polar surface area (TPSA) is 63.2 Å². The number of imide groups is 1. The van der Waals surface area contributed by atoms with E-state index in [1.165, 1.54) is 12.4 Å². The monoisotopic (exact) mass is 303 g/mol. The second-order valence-electron chi connectivity index (χ2n) is 3.68. The first-order valence-electron chi connectivity index (χ1n) is 5.14. The van der Waals surface area contributed by atoms with Gasteiger partial charge in [-0.1, -0.05) is 15.9 Å². The van der Waals surface area contributed by atoms with Crippen molar-refractivity contribution < 1.29 is 9.59 Å². The zero-order chi connectivity index (χ0) is 12.7. The maximum absolute atomic E-state index is 12.1. The Bertz CT molecular complexity index is 620. The van der Waals surface area contributed by atoms with Crippen molar-refractivity contribution in [1.29, 1.82) is 0 Å². The first-order chi connectivity index (χ1) is 8.68. The summed E-state index contributed by atoms with van der Waals surface area (Å²) in [6.45, 7) is 0. The van der Waals surface area contributed by atoms with Crippen molar-refractivity contribution in [1.82, 2.24) is 9.97 Å². The average Bonchev–Trinajstić information content (AvgIpc) is 2.64. The van der Waals surface area contributed by atoms with E-state index in [4.69, 9.17) is 0 Å². The predicted octanol–water partition coefficient (Wildman–Crippen LogP) is 2.04. The number of hydrogen-bond donors (Lipinski definition) is 0. The van der Waals surface area contributed by atoms with Gasteiger partial charge >= 0.3 is 0 Å². The molecule has 0 fully saturated rings. The summed E-state index contributed by atoms with van der Waals surface area (Å²) >= 11 is 3.30. The van der Waals surface area contributed by atoms with Crippen LogP contribution in [0.5, 0.6) is 0 Å². The van der Waals surface area contributed by atoms with Crippen molar-refractivity contribution in [3.05, 3.63) is 52.5 Å². The Hall–Kier alpha value is -2.08. The molecule has 2 heterocycles. The van der Waals surface area contributed by atoms with Crippen LogP contribution in [0, 0.1) is 0 Å². The van der Waals surface area contributed by atoms with Gasteiger partial charge < -0.3 is 0 Å². The van der Waals surface area contributed by atoms with Crippen LogP contribution in [0.25, 0.3) is 0 Å². The van der Waals surface area contributed by atoms with E-state index in [1.807, 2.05) is 0 Å². The van der Waals surface area contributed by atoms with Gasteiger partial charge in [0.2, 0.25) is 0 Å². The lowest BCUT2D eigenvalue weighted by atomic mass is 10.3. The fraction of sp³-hybridized carbons (Fsp3) is 0. The van der Waals surface area contributed by atoms with E-state index in [0.717, 1.165) is 9.37 Å². The molecule has 6 heteroatoms. The smallest absolute Gasteiger partial charge is 0.266 e. The number of carbonyl (C=O) groups is 2. The highest BCUT2D eigenvalue weighted by Crippen LogP contribution is 2.26. The van der Waals surface area contributed by atoms with Crippen LogP contribution in [-0.4, -0.2) is 21.8 Å². The molecule has 0 radical (unpaired) electrons. The number of halogens is 1. The SMILES string of the molecule is O=C1c2nccnc2C(=O)N1c1ccc(Br)cc1. The van der Waals surface area contributed by atoms with Crippen molar-refractivity contribution in [3.8, 4) is 0 Å². The molecule has 3 rings (SSSR count). The number of amides is 2. The minimum absolute atomic E-state index is 0.102. The molecule has 0 unspecified atom stereocenters. The lowest BCUT2D eigenvalue weighted by Crippen LogP contribution is -2.29. The van der Waals surface area contributed by atoms with Gasteiger partial charge in [-0.25, -0.2) is 14.9 Å². The molecule has 2 amide bonds. The van der Waals surface area contributed by atoms with Crippen molar-refractivity contribution in [2.75, 3.05) is 4.90 Å². The molecule has 0 spiro atoms. The lowest BCUT2D eigenvalue weighted by Gasteiger charge is -2.12. The first kappa shape index (κ1) is 11.0. The highest BCUT2D eigenvalue weighted by molar-refractivity contribution is 9.10. The lowest BCUT2D eigenvalue weighted by molar-refractivity contribution is 0.0923. The molecule has 0 saturated carbocycles. The van der Waals surface area contributed by atoms with Gasteiger partial charge in [0.1, 0.15) is 0 Å². The number of carbonyl (C=O) groups excluding carboxylic acids is 2. The standard InChI is InChI=1S/C12H6BrN3O2/c13-7-1-3-8(4-2-7)16-11(17)9-10(12(16)18)15-6-5-14-9/h1-6H. The average molecular weight is 304 g/mol. The molecule has 18 heavy (non-hydrogen) atoms. The van der Waals surface area contributed by atoms with Gasteiger partial charge in [-0.05, 0) is 24.3 Å². The summed E-state index contributed by atoms with van der Waals surface area (Å²) < 4.78 is 0.874. The minimum atomic E-state index is -0.439. The summed E-state index contributed by atoms with van der Waals surface area (Å²) in [4.78, 5) is 33.0. The Morgan fingerprint density at radius 2 is 1.39 bits per heavy atom. The van der Waals surface area contributed by atoms with Crippen molar-refractivity contribution >= 4 is 33.4 Å². The maximum Gasteiger partial charge on any atom is 0.286 e. The van der Waals surface area contributed by atoms with Crippen LogP contribution < -0.4 is 4.90 Å². The van der Waals surface area contributed by atoms with Crippen LogP contribution >= 0.6 is 15.9 Å². The van der Waals surface area contributed by atoms with Gasteiger partial charge in [-0.3, -0.25) is 9.59 Å². The fourth-order valence-corrected chi connectivity index (χ4v) is 2.04. The second kappa shape index (κ2) is 3.99. The summed E-state index contributed by atoms with van der Waals surface area (Å²) in [5.74, 6) is -0.879. The number of nitrogens with zero attached hydrogens (tertiary/aromatic N) is 3. The Morgan fingerprint density at radius 3 is 1.89 bits per heavy atom. The first-order valence-corrected chi connectivity index (χ1v) is 5.93. The summed E-state index contributed by atoms with van der Waals surface area (Å²) in [5, 5.41) is 0. The van der Waals surface area contributed by atoms with E-state index in [1.54, 1.807) is 24.3 Å². The van der Waals surface area contributed by atoms with Gasteiger partial charge in [-0.2, -0.15) is 0 Å². The van der Waals surface area contributed by atoms with Gasteiger partial charge in [0.15, 0.2) is 11.4 Å². The molecule has 1 aromatic heterocycles. The van der Waals surface area contributed by atoms with E-state index < -0.39 is 11.8 Å². The van der Waals surface area contributed by atoms with E-state index in [0.29, 0.717) is 5.69 Å². The minimum Gasteiger partial charge on any atom is -0.266 e. The zero-order valence-electron chi connectivity index (χ0n) is 9.00. The normalized spacial score (nSPS) is 13.9. The highest BCUT2D eigenvalue weighted by Gasteiger charge is 2.39. The van der Waals surface area contributed by atoms with E-state index in [2.05, 4.69) is 25.9 Å². The number of fused-ring (bicyclic) bond motifs is 1. The highest BCUT2D eigenvalue weighted by atomic mass is 79.9. The van der Waals surface area contributed by atoms with Crippen LogP contribution in [-0.2, 0) is 0 Å². The number of rotatable bonds is 1. The maximum atomic E-state index is 12.1. The van der Waals surface area contributed by atoms with Crippen LogP contribution in [0.4, 0.5) is 5.69 Å². The van der Waals surface area contributed by atoms with E-state index in [9.17, 15) is 9.59 Å². The van der Waals surface area contributed by atoms with E-state index in [-0.39, 0.29) is 11.4 Å².